The Labute approximate surface area is 95.2 Å². The van der Waals surface area contributed by atoms with Crippen molar-refractivity contribution in [2.24, 2.45) is 5.92 Å². The maximum Gasteiger partial charge on any atom is 0.225 e. The lowest BCUT2D eigenvalue weighted by atomic mass is 9.88. The van der Waals surface area contributed by atoms with Crippen molar-refractivity contribution in [1.82, 2.24) is 10.6 Å². The first-order chi connectivity index (χ1) is 7.58. The molecule has 0 radical (unpaired) electrons. The van der Waals surface area contributed by atoms with Crippen LogP contribution in [0, 0.1) is 5.92 Å². The van der Waals surface area contributed by atoms with E-state index in [4.69, 9.17) is 10.2 Å². The van der Waals surface area contributed by atoms with Crippen LogP contribution in [0.2, 0.25) is 0 Å². The van der Waals surface area contributed by atoms with Crippen LogP contribution in [0.5, 0.6) is 0 Å². The van der Waals surface area contributed by atoms with E-state index in [0.717, 1.165) is 19.3 Å². The summed E-state index contributed by atoms with van der Waals surface area (Å²) in [5.74, 6) is -0.0542. The van der Waals surface area contributed by atoms with Crippen LogP contribution in [0.4, 0.5) is 0 Å². The Bertz CT molecular complexity index is 278. The van der Waals surface area contributed by atoms with Crippen molar-refractivity contribution in [3.63, 3.8) is 0 Å². The van der Waals surface area contributed by atoms with E-state index in [1.165, 1.54) is 0 Å². The second kappa shape index (κ2) is 4.31. The van der Waals surface area contributed by atoms with Gasteiger partial charge in [0.25, 0.3) is 0 Å². The van der Waals surface area contributed by atoms with E-state index in [0.29, 0.717) is 6.04 Å². The molecule has 2 aliphatic heterocycles. The van der Waals surface area contributed by atoms with Gasteiger partial charge in [-0.25, -0.2) is 0 Å². The van der Waals surface area contributed by atoms with Gasteiger partial charge in [-0.3, -0.25) is 4.79 Å². The number of fused-ring (bicyclic) bond motifs is 2. The molecule has 2 saturated heterocycles. The summed E-state index contributed by atoms with van der Waals surface area (Å²) >= 11 is 0. The Morgan fingerprint density at radius 2 is 2.12 bits per heavy atom. The Morgan fingerprint density at radius 3 is 2.56 bits per heavy atom. The van der Waals surface area contributed by atoms with Gasteiger partial charge in [0.2, 0.25) is 5.91 Å². The van der Waals surface area contributed by atoms with E-state index in [2.05, 4.69) is 10.6 Å². The molecular formula is C11H20N2O3. The SMILES string of the molecule is CC(CO)(CO)NC(=O)C1CC2CCC1N2. The number of amides is 1. The van der Waals surface area contributed by atoms with Crippen LogP contribution in [0.25, 0.3) is 0 Å². The number of rotatable bonds is 4. The molecule has 5 nitrogen and oxygen atoms in total. The first-order valence-electron chi connectivity index (χ1n) is 5.88. The number of aliphatic hydroxyl groups is 2. The molecular weight excluding hydrogens is 208 g/mol. The van der Waals surface area contributed by atoms with Gasteiger partial charge in [-0.2, -0.15) is 0 Å². The molecule has 0 saturated carbocycles. The zero-order valence-corrected chi connectivity index (χ0v) is 9.57. The summed E-state index contributed by atoms with van der Waals surface area (Å²) in [6.07, 6.45) is 3.09. The van der Waals surface area contributed by atoms with Gasteiger partial charge in [0.05, 0.1) is 24.7 Å². The molecule has 4 N–H and O–H groups in total. The van der Waals surface area contributed by atoms with Crippen molar-refractivity contribution in [2.75, 3.05) is 13.2 Å². The molecule has 5 heteroatoms. The van der Waals surface area contributed by atoms with Gasteiger partial charge in [0, 0.05) is 12.1 Å². The average Bonchev–Trinajstić information content (AvgIpc) is 2.90. The summed E-state index contributed by atoms with van der Waals surface area (Å²) in [4.78, 5) is 12.0. The number of carbonyl (C=O) groups excluding carboxylic acids is 1. The van der Waals surface area contributed by atoms with Crippen LogP contribution in [-0.4, -0.2) is 47.0 Å². The number of carbonyl (C=O) groups is 1. The fourth-order valence-corrected chi connectivity index (χ4v) is 2.63. The highest BCUT2D eigenvalue weighted by atomic mass is 16.3. The van der Waals surface area contributed by atoms with Gasteiger partial charge in [-0.15, -0.1) is 0 Å². The zero-order chi connectivity index (χ0) is 11.8. The Kier molecular flexibility index (Phi) is 3.19. The molecule has 0 spiro atoms. The molecule has 3 atom stereocenters. The normalized spacial score (nSPS) is 33.1. The third-order valence-corrected chi connectivity index (χ3v) is 3.76. The Morgan fingerprint density at radius 1 is 1.44 bits per heavy atom. The summed E-state index contributed by atoms with van der Waals surface area (Å²) in [7, 11) is 0. The third kappa shape index (κ3) is 2.07. The smallest absolute Gasteiger partial charge is 0.225 e. The van der Waals surface area contributed by atoms with Crippen LogP contribution in [-0.2, 0) is 4.79 Å². The van der Waals surface area contributed by atoms with Gasteiger partial charge in [0.15, 0.2) is 0 Å². The van der Waals surface area contributed by atoms with Crippen molar-refractivity contribution in [3.8, 4) is 0 Å². The van der Waals surface area contributed by atoms with Crippen LogP contribution >= 0.6 is 0 Å². The first-order valence-corrected chi connectivity index (χ1v) is 5.88. The molecule has 2 heterocycles. The zero-order valence-electron chi connectivity index (χ0n) is 9.57. The Hall–Kier alpha value is -0.650. The topological polar surface area (TPSA) is 81.6 Å². The highest BCUT2D eigenvalue weighted by Crippen LogP contribution is 2.33. The van der Waals surface area contributed by atoms with E-state index in [9.17, 15) is 4.79 Å². The average molecular weight is 228 g/mol. The standard InChI is InChI=1S/C11H20N2O3/c1-11(5-14,6-15)13-10(16)8-4-7-2-3-9(8)12-7/h7-9,12,14-15H,2-6H2,1H3,(H,13,16). The highest BCUT2D eigenvalue weighted by molar-refractivity contribution is 5.80. The number of aliphatic hydroxyl groups excluding tert-OH is 2. The second-order valence-corrected chi connectivity index (χ2v) is 5.26. The van der Waals surface area contributed by atoms with Crippen molar-refractivity contribution in [3.05, 3.63) is 0 Å². The minimum atomic E-state index is -0.904. The predicted molar refractivity (Wildman–Crippen MR) is 58.8 cm³/mol. The van der Waals surface area contributed by atoms with Crippen molar-refractivity contribution in [1.29, 1.82) is 0 Å². The van der Waals surface area contributed by atoms with Gasteiger partial charge in [0.1, 0.15) is 0 Å². The molecule has 2 rings (SSSR count). The second-order valence-electron chi connectivity index (χ2n) is 5.26. The molecule has 16 heavy (non-hydrogen) atoms. The molecule has 2 aliphatic rings. The van der Waals surface area contributed by atoms with Crippen molar-refractivity contribution < 1.29 is 15.0 Å². The summed E-state index contributed by atoms with van der Waals surface area (Å²) in [5.41, 5.74) is -0.904. The lowest BCUT2D eigenvalue weighted by Gasteiger charge is -2.29. The first kappa shape index (κ1) is 11.8. The van der Waals surface area contributed by atoms with Crippen molar-refractivity contribution >= 4 is 5.91 Å². The van der Waals surface area contributed by atoms with E-state index in [1.807, 2.05) is 0 Å². The number of nitrogens with one attached hydrogen (secondary N) is 2. The largest absolute Gasteiger partial charge is 0.394 e. The molecule has 0 aliphatic carbocycles. The molecule has 0 aromatic rings. The fraction of sp³-hybridized carbons (Fsp3) is 0.909. The van der Waals surface area contributed by atoms with Gasteiger partial charge >= 0.3 is 0 Å². The summed E-state index contributed by atoms with van der Waals surface area (Å²) in [6, 6.07) is 0.766. The lowest BCUT2D eigenvalue weighted by molar-refractivity contribution is -0.128. The summed E-state index contributed by atoms with van der Waals surface area (Å²) < 4.78 is 0. The number of hydrogen-bond donors (Lipinski definition) is 4. The minimum Gasteiger partial charge on any atom is -0.394 e. The minimum absolute atomic E-state index is 0.00354. The van der Waals surface area contributed by atoms with Gasteiger partial charge < -0.3 is 20.8 Å². The summed E-state index contributed by atoms with van der Waals surface area (Å²) in [5, 5.41) is 24.4. The van der Waals surface area contributed by atoms with E-state index < -0.39 is 5.54 Å². The lowest BCUT2D eigenvalue weighted by Crippen LogP contribution is -2.54. The van der Waals surface area contributed by atoms with Crippen molar-refractivity contribution in [2.45, 2.75) is 43.8 Å². The number of hydrogen-bond acceptors (Lipinski definition) is 4. The monoisotopic (exact) mass is 228 g/mol. The predicted octanol–water partition coefficient (Wildman–Crippen LogP) is -1.01. The third-order valence-electron chi connectivity index (χ3n) is 3.76. The Balaban J connectivity index is 1.93. The van der Waals surface area contributed by atoms with Gasteiger partial charge in [-0.05, 0) is 26.2 Å². The van der Waals surface area contributed by atoms with Gasteiger partial charge in [-0.1, -0.05) is 0 Å². The molecule has 0 aromatic heterocycles. The maximum atomic E-state index is 12.0. The molecule has 0 aromatic carbocycles. The summed E-state index contributed by atoms with van der Waals surface area (Å²) in [6.45, 7) is 1.15. The molecule has 2 fully saturated rings. The molecule has 92 valence electrons. The van der Waals surface area contributed by atoms with Crippen LogP contribution in [0.15, 0.2) is 0 Å². The van der Waals surface area contributed by atoms with Crippen LogP contribution in [0.1, 0.15) is 26.2 Å². The van der Waals surface area contributed by atoms with E-state index in [-0.39, 0.29) is 31.1 Å². The maximum absolute atomic E-state index is 12.0. The molecule has 1 amide bonds. The molecule has 3 unspecified atom stereocenters. The fourth-order valence-electron chi connectivity index (χ4n) is 2.63. The molecule has 2 bridgehead atoms. The highest BCUT2D eigenvalue weighted by Gasteiger charge is 2.43. The van der Waals surface area contributed by atoms with Crippen LogP contribution in [0.3, 0.4) is 0 Å². The quantitative estimate of drug-likeness (QED) is 0.497. The van der Waals surface area contributed by atoms with E-state index in [1.54, 1.807) is 6.92 Å². The van der Waals surface area contributed by atoms with E-state index >= 15 is 0 Å². The van der Waals surface area contributed by atoms with Crippen LogP contribution < -0.4 is 10.6 Å².